The molecule has 1 atom stereocenters. The van der Waals surface area contributed by atoms with E-state index in [-0.39, 0.29) is 11.7 Å². The van der Waals surface area contributed by atoms with Crippen LogP contribution in [0.2, 0.25) is 5.02 Å². The van der Waals surface area contributed by atoms with Crippen LogP contribution in [0.5, 0.6) is 0 Å². The Kier molecular flexibility index (Phi) is 3.69. The van der Waals surface area contributed by atoms with E-state index in [4.69, 9.17) is 16.7 Å². The van der Waals surface area contributed by atoms with Crippen LogP contribution in [0.15, 0.2) is 34.5 Å². The summed E-state index contributed by atoms with van der Waals surface area (Å²) in [5, 5.41) is 22.5. The second-order valence-electron chi connectivity index (χ2n) is 4.54. The number of rotatable bonds is 3. The van der Waals surface area contributed by atoms with E-state index >= 15 is 0 Å². The predicted octanol–water partition coefficient (Wildman–Crippen LogP) is 2.44. The maximum atomic E-state index is 11.1. The lowest BCUT2D eigenvalue weighted by atomic mass is 10.1. The Morgan fingerprint density at radius 3 is 2.76 bits per heavy atom. The average molecular weight is 323 g/mol. The van der Waals surface area contributed by atoms with E-state index in [1.807, 2.05) is 12.1 Å². The first-order valence-electron chi connectivity index (χ1n) is 6.20. The lowest BCUT2D eigenvalue weighted by Crippen LogP contribution is -2.27. The van der Waals surface area contributed by atoms with Gasteiger partial charge in [-0.05, 0) is 24.6 Å². The molecule has 0 unspecified atom stereocenters. The van der Waals surface area contributed by atoms with Gasteiger partial charge in [0.25, 0.3) is 0 Å². The molecule has 0 radical (unpaired) electrons. The molecule has 21 heavy (non-hydrogen) atoms. The Morgan fingerprint density at radius 1 is 1.38 bits per heavy atom. The van der Waals surface area contributed by atoms with Crippen molar-refractivity contribution in [3.8, 4) is 0 Å². The van der Waals surface area contributed by atoms with Crippen LogP contribution in [0.4, 0.5) is 0 Å². The third kappa shape index (κ3) is 2.79. The molecule has 0 saturated carbocycles. The summed E-state index contributed by atoms with van der Waals surface area (Å²) < 4.78 is 1.63. The quantitative estimate of drug-likeness (QED) is 0.938. The predicted molar refractivity (Wildman–Crippen MR) is 80.0 cm³/mol. The van der Waals surface area contributed by atoms with Gasteiger partial charge in [0.2, 0.25) is 5.16 Å². The van der Waals surface area contributed by atoms with Crippen LogP contribution in [0.3, 0.4) is 0 Å². The number of benzene rings is 1. The van der Waals surface area contributed by atoms with Gasteiger partial charge in [0, 0.05) is 5.02 Å². The van der Waals surface area contributed by atoms with Crippen LogP contribution >= 0.6 is 23.4 Å². The van der Waals surface area contributed by atoms with Gasteiger partial charge in [0.05, 0.1) is 17.4 Å². The molecule has 2 aromatic rings. The van der Waals surface area contributed by atoms with Crippen molar-refractivity contribution in [1.82, 2.24) is 14.9 Å². The van der Waals surface area contributed by atoms with Crippen LogP contribution in [-0.2, 0) is 4.79 Å². The molecule has 1 N–H and O–H groups in total. The van der Waals surface area contributed by atoms with Gasteiger partial charge in [-0.1, -0.05) is 35.5 Å². The van der Waals surface area contributed by atoms with Gasteiger partial charge in [-0.2, -0.15) is 9.78 Å². The summed E-state index contributed by atoms with van der Waals surface area (Å²) >= 11 is 7.25. The molecular formula is C13H11ClN4O2S. The monoisotopic (exact) mass is 322 g/mol. The zero-order chi connectivity index (χ0) is 15.0. The summed E-state index contributed by atoms with van der Waals surface area (Å²) in [6.07, 6.45) is -0.0297. The molecule has 6 nitrogen and oxygen atoms in total. The summed E-state index contributed by atoms with van der Waals surface area (Å²) in [5.74, 6) is -0.211. The number of aryl methyl sites for hydroxylation is 1. The first-order valence-corrected chi connectivity index (χ1v) is 7.45. The minimum Gasteiger partial charge on any atom is -0.481 e. The van der Waals surface area contributed by atoms with Crippen molar-refractivity contribution >= 4 is 35.0 Å². The Hall–Kier alpha value is -1.86. The number of fused-ring (bicyclic) bond motifs is 1. The first kappa shape index (κ1) is 14.1. The lowest BCUT2D eigenvalue weighted by Gasteiger charge is -2.21. The fourth-order valence-corrected chi connectivity index (χ4v) is 3.31. The minimum atomic E-state index is -0.876. The number of carboxylic acids is 1. The van der Waals surface area contributed by atoms with Gasteiger partial charge in [0.15, 0.2) is 5.82 Å². The van der Waals surface area contributed by atoms with Crippen LogP contribution in [0, 0.1) is 6.92 Å². The summed E-state index contributed by atoms with van der Waals surface area (Å²) in [6, 6.07) is 7.19. The van der Waals surface area contributed by atoms with Gasteiger partial charge < -0.3 is 5.11 Å². The number of halogens is 1. The Balaban J connectivity index is 2.07. The van der Waals surface area contributed by atoms with E-state index in [2.05, 4.69) is 15.3 Å². The van der Waals surface area contributed by atoms with Gasteiger partial charge in [-0.3, -0.25) is 4.79 Å². The van der Waals surface area contributed by atoms with Crippen LogP contribution in [0.1, 0.15) is 17.8 Å². The van der Waals surface area contributed by atoms with Gasteiger partial charge in [0.1, 0.15) is 0 Å². The van der Waals surface area contributed by atoms with E-state index in [0.717, 1.165) is 5.56 Å². The number of carboxylic acid groups (broad SMARTS) is 1. The molecule has 3 rings (SSSR count). The van der Waals surface area contributed by atoms with Gasteiger partial charge in [-0.15, -0.1) is 10.2 Å². The van der Waals surface area contributed by atoms with E-state index in [0.29, 0.717) is 21.7 Å². The topological polar surface area (TPSA) is 80.4 Å². The smallest absolute Gasteiger partial charge is 0.304 e. The molecule has 0 fully saturated rings. The molecule has 0 saturated heterocycles. The summed E-state index contributed by atoms with van der Waals surface area (Å²) in [5.41, 5.74) is 1.53. The van der Waals surface area contributed by atoms with E-state index in [1.165, 1.54) is 11.8 Å². The summed E-state index contributed by atoms with van der Waals surface area (Å²) in [7, 11) is 0. The molecule has 1 aliphatic heterocycles. The van der Waals surface area contributed by atoms with Crippen molar-refractivity contribution < 1.29 is 9.90 Å². The Labute approximate surface area is 129 Å². The second kappa shape index (κ2) is 5.50. The maximum absolute atomic E-state index is 11.1. The van der Waals surface area contributed by atoms with Crippen molar-refractivity contribution in [2.75, 3.05) is 0 Å². The number of carbonyl (C=O) groups is 1. The van der Waals surface area contributed by atoms with E-state index in [1.54, 1.807) is 23.7 Å². The molecule has 0 bridgehead atoms. The van der Waals surface area contributed by atoms with Crippen molar-refractivity contribution in [2.24, 2.45) is 5.10 Å². The van der Waals surface area contributed by atoms with Crippen LogP contribution < -0.4 is 0 Å². The molecule has 0 amide bonds. The molecule has 1 aromatic carbocycles. The lowest BCUT2D eigenvalue weighted by molar-refractivity contribution is -0.136. The van der Waals surface area contributed by atoms with Crippen LogP contribution in [-0.4, -0.2) is 36.9 Å². The Morgan fingerprint density at radius 2 is 2.10 bits per heavy atom. The fraction of sp³-hybridized carbons (Fsp3) is 0.231. The van der Waals surface area contributed by atoms with Crippen molar-refractivity contribution in [2.45, 2.75) is 23.8 Å². The first-order chi connectivity index (χ1) is 10.0. The van der Waals surface area contributed by atoms with E-state index in [9.17, 15) is 4.79 Å². The molecular weight excluding hydrogens is 312 g/mol. The number of aliphatic carboxylic acids is 1. The number of thioether (sulfide) groups is 1. The highest BCUT2D eigenvalue weighted by atomic mass is 35.5. The minimum absolute atomic E-state index is 0.0297. The van der Waals surface area contributed by atoms with Crippen molar-refractivity contribution in [3.05, 3.63) is 40.7 Å². The van der Waals surface area contributed by atoms with Gasteiger partial charge >= 0.3 is 5.97 Å². The highest BCUT2D eigenvalue weighted by Gasteiger charge is 2.29. The number of aromatic nitrogens is 3. The number of hydrogen-bond donors (Lipinski definition) is 1. The van der Waals surface area contributed by atoms with Gasteiger partial charge in [-0.25, -0.2) is 0 Å². The van der Waals surface area contributed by atoms with Crippen molar-refractivity contribution in [3.63, 3.8) is 0 Å². The largest absolute Gasteiger partial charge is 0.481 e. The molecule has 0 spiro atoms. The molecule has 1 aromatic heterocycles. The second-order valence-corrected chi connectivity index (χ2v) is 6.14. The summed E-state index contributed by atoms with van der Waals surface area (Å²) in [4.78, 5) is 11.1. The number of hydrogen-bond acceptors (Lipinski definition) is 5. The molecule has 2 heterocycles. The highest BCUT2D eigenvalue weighted by Crippen LogP contribution is 2.32. The SMILES string of the molecule is Cc1nnc2n1N=C(c1ccc(Cl)cc1)[C@H](CC(=O)O)S2. The average Bonchev–Trinajstić information content (AvgIpc) is 2.79. The Bertz CT molecular complexity index is 726. The normalized spacial score (nSPS) is 17.2. The third-order valence-electron chi connectivity index (χ3n) is 3.03. The maximum Gasteiger partial charge on any atom is 0.304 e. The molecule has 1 aliphatic rings. The zero-order valence-corrected chi connectivity index (χ0v) is 12.6. The zero-order valence-electron chi connectivity index (χ0n) is 11.0. The third-order valence-corrected chi connectivity index (χ3v) is 4.42. The highest BCUT2D eigenvalue weighted by molar-refractivity contribution is 8.00. The van der Waals surface area contributed by atoms with Crippen molar-refractivity contribution in [1.29, 1.82) is 0 Å². The molecule has 8 heteroatoms. The van der Waals surface area contributed by atoms with E-state index < -0.39 is 5.97 Å². The standard InChI is InChI=1S/C13H11ClN4O2S/c1-7-15-16-13-18(7)17-12(10(21-13)6-11(19)20)8-2-4-9(14)5-3-8/h2-5,10H,6H2,1H3,(H,19,20)/t10-/m0/s1. The summed E-state index contributed by atoms with van der Waals surface area (Å²) in [6.45, 7) is 1.80. The fourth-order valence-electron chi connectivity index (χ4n) is 2.04. The number of nitrogens with zero attached hydrogens (tertiary/aromatic N) is 4. The van der Waals surface area contributed by atoms with Crippen LogP contribution in [0.25, 0.3) is 0 Å². The molecule has 108 valence electrons. The molecule has 0 aliphatic carbocycles.